The van der Waals surface area contributed by atoms with Gasteiger partial charge in [-0.1, -0.05) is 42.1 Å². The van der Waals surface area contributed by atoms with Crippen LogP contribution in [0.2, 0.25) is 10.0 Å². The molecule has 1 fully saturated rings. The van der Waals surface area contributed by atoms with Crippen molar-refractivity contribution in [2.75, 3.05) is 7.05 Å². The van der Waals surface area contributed by atoms with Crippen LogP contribution in [0.3, 0.4) is 0 Å². The van der Waals surface area contributed by atoms with Crippen molar-refractivity contribution in [3.63, 3.8) is 0 Å². The Morgan fingerprint density at radius 2 is 2.00 bits per heavy atom. The molecule has 0 aliphatic heterocycles. The van der Waals surface area contributed by atoms with Crippen LogP contribution in [0.4, 0.5) is 4.79 Å². The normalized spacial score (nSPS) is 15.5. The molecule has 0 aromatic heterocycles. The van der Waals surface area contributed by atoms with E-state index in [1.54, 1.807) is 24.1 Å². The summed E-state index contributed by atoms with van der Waals surface area (Å²) in [6, 6.07) is 5.74. The summed E-state index contributed by atoms with van der Waals surface area (Å²) >= 11 is 11.8. The molecule has 0 heterocycles. The van der Waals surface area contributed by atoms with Crippen molar-refractivity contribution in [3.8, 4) is 0 Å². The average molecular weight is 301 g/mol. The molecule has 104 valence electrons. The first-order chi connectivity index (χ1) is 9.06. The van der Waals surface area contributed by atoms with Gasteiger partial charge in [0.2, 0.25) is 0 Å². The standard InChI is InChI=1S/C14H18Cl2N2O/c1-18(14(19)17-11-4-2-3-5-11)9-10-6-7-12(15)13(16)8-10/h6-8,11H,2-5,9H2,1H3,(H,17,19). The zero-order valence-corrected chi connectivity index (χ0v) is 12.5. The van der Waals surface area contributed by atoms with Crippen molar-refractivity contribution in [3.05, 3.63) is 33.8 Å². The van der Waals surface area contributed by atoms with E-state index in [1.807, 2.05) is 6.07 Å². The van der Waals surface area contributed by atoms with Gasteiger partial charge in [0.25, 0.3) is 0 Å². The zero-order valence-electron chi connectivity index (χ0n) is 11.0. The van der Waals surface area contributed by atoms with E-state index in [-0.39, 0.29) is 6.03 Å². The smallest absolute Gasteiger partial charge is 0.317 e. The lowest BCUT2D eigenvalue weighted by Gasteiger charge is -2.21. The van der Waals surface area contributed by atoms with Crippen LogP contribution in [-0.4, -0.2) is 24.0 Å². The molecule has 0 saturated heterocycles. The summed E-state index contributed by atoms with van der Waals surface area (Å²) in [5.41, 5.74) is 0.971. The first kappa shape index (κ1) is 14.5. The molecular weight excluding hydrogens is 283 g/mol. The molecule has 0 unspecified atom stereocenters. The number of nitrogens with one attached hydrogen (secondary N) is 1. The number of halogens is 2. The molecule has 0 bridgehead atoms. The number of urea groups is 1. The van der Waals surface area contributed by atoms with Crippen LogP contribution < -0.4 is 5.32 Å². The fraction of sp³-hybridized carbons (Fsp3) is 0.500. The topological polar surface area (TPSA) is 32.3 Å². The van der Waals surface area contributed by atoms with E-state index in [1.165, 1.54) is 12.8 Å². The van der Waals surface area contributed by atoms with Crippen molar-refractivity contribution in [1.82, 2.24) is 10.2 Å². The Morgan fingerprint density at radius 1 is 1.32 bits per heavy atom. The average Bonchev–Trinajstić information content (AvgIpc) is 2.86. The quantitative estimate of drug-likeness (QED) is 0.896. The van der Waals surface area contributed by atoms with Crippen molar-refractivity contribution >= 4 is 29.2 Å². The first-order valence-corrected chi connectivity index (χ1v) is 7.27. The Morgan fingerprint density at radius 3 is 2.63 bits per heavy atom. The first-order valence-electron chi connectivity index (χ1n) is 6.52. The fourth-order valence-electron chi connectivity index (χ4n) is 2.34. The van der Waals surface area contributed by atoms with E-state index < -0.39 is 0 Å². The van der Waals surface area contributed by atoms with Crippen LogP contribution in [0.1, 0.15) is 31.2 Å². The highest BCUT2D eigenvalue weighted by molar-refractivity contribution is 6.42. The van der Waals surface area contributed by atoms with Crippen LogP contribution in [-0.2, 0) is 6.54 Å². The second-order valence-corrected chi connectivity index (χ2v) is 5.85. The van der Waals surface area contributed by atoms with Crippen molar-refractivity contribution in [1.29, 1.82) is 0 Å². The Bertz CT molecular complexity index is 459. The van der Waals surface area contributed by atoms with E-state index in [2.05, 4.69) is 5.32 Å². The van der Waals surface area contributed by atoms with Crippen LogP contribution in [0, 0.1) is 0 Å². The number of benzene rings is 1. The molecule has 1 aromatic carbocycles. The molecule has 0 radical (unpaired) electrons. The van der Waals surface area contributed by atoms with Gasteiger partial charge in [0.15, 0.2) is 0 Å². The summed E-state index contributed by atoms with van der Waals surface area (Å²) < 4.78 is 0. The lowest BCUT2D eigenvalue weighted by molar-refractivity contribution is 0.203. The largest absolute Gasteiger partial charge is 0.335 e. The van der Waals surface area contributed by atoms with Gasteiger partial charge in [-0.25, -0.2) is 4.79 Å². The predicted octanol–water partition coefficient (Wildman–Crippen LogP) is 4.08. The Kier molecular flexibility index (Phi) is 4.94. The number of carbonyl (C=O) groups excluding carboxylic acids is 1. The van der Waals surface area contributed by atoms with Crippen molar-refractivity contribution in [2.45, 2.75) is 38.3 Å². The molecule has 0 atom stereocenters. The lowest BCUT2D eigenvalue weighted by Crippen LogP contribution is -2.41. The van der Waals surface area contributed by atoms with Crippen LogP contribution in [0.25, 0.3) is 0 Å². The fourth-order valence-corrected chi connectivity index (χ4v) is 2.66. The van der Waals surface area contributed by atoms with E-state index >= 15 is 0 Å². The Hall–Kier alpha value is -0.930. The maximum atomic E-state index is 12.0. The second-order valence-electron chi connectivity index (χ2n) is 5.04. The Labute approximate surface area is 123 Å². The third kappa shape index (κ3) is 4.02. The molecule has 1 N–H and O–H groups in total. The highest BCUT2D eigenvalue weighted by atomic mass is 35.5. The summed E-state index contributed by atoms with van der Waals surface area (Å²) in [6.45, 7) is 0.523. The minimum Gasteiger partial charge on any atom is -0.335 e. The van der Waals surface area contributed by atoms with Gasteiger partial charge in [-0.3, -0.25) is 0 Å². The van der Waals surface area contributed by atoms with Crippen LogP contribution in [0.15, 0.2) is 18.2 Å². The number of hydrogen-bond acceptors (Lipinski definition) is 1. The highest BCUT2D eigenvalue weighted by Gasteiger charge is 2.19. The molecule has 3 nitrogen and oxygen atoms in total. The number of amides is 2. The van der Waals surface area contributed by atoms with Gasteiger partial charge in [0, 0.05) is 19.6 Å². The summed E-state index contributed by atoms with van der Waals surface area (Å²) in [5, 5.41) is 4.10. The lowest BCUT2D eigenvalue weighted by atomic mass is 10.2. The summed E-state index contributed by atoms with van der Waals surface area (Å²) in [5.74, 6) is 0. The van der Waals surface area contributed by atoms with E-state index in [0.717, 1.165) is 18.4 Å². The molecule has 1 saturated carbocycles. The molecule has 1 aliphatic rings. The van der Waals surface area contributed by atoms with Crippen LogP contribution in [0.5, 0.6) is 0 Å². The Balaban J connectivity index is 1.90. The van der Waals surface area contributed by atoms with Gasteiger partial charge < -0.3 is 10.2 Å². The highest BCUT2D eigenvalue weighted by Crippen LogP contribution is 2.23. The van der Waals surface area contributed by atoms with Crippen molar-refractivity contribution in [2.24, 2.45) is 0 Å². The van der Waals surface area contributed by atoms with Gasteiger partial charge in [-0.15, -0.1) is 0 Å². The molecule has 5 heteroatoms. The maximum Gasteiger partial charge on any atom is 0.317 e. The van der Waals surface area contributed by atoms with Gasteiger partial charge in [-0.2, -0.15) is 0 Å². The third-order valence-electron chi connectivity index (χ3n) is 3.43. The minimum absolute atomic E-state index is 0.0297. The molecule has 1 aliphatic carbocycles. The van der Waals surface area contributed by atoms with E-state index in [0.29, 0.717) is 22.6 Å². The van der Waals surface area contributed by atoms with Crippen molar-refractivity contribution < 1.29 is 4.79 Å². The SMILES string of the molecule is CN(Cc1ccc(Cl)c(Cl)c1)C(=O)NC1CCCC1. The minimum atomic E-state index is -0.0297. The molecule has 1 aromatic rings. The number of nitrogens with zero attached hydrogens (tertiary/aromatic N) is 1. The number of hydrogen-bond donors (Lipinski definition) is 1. The number of carbonyl (C=O) groups is 1. The monoisotopic (exact) mass is 300 g/mol. The zero-order chi connectivity index (χ0) is 13.8. The molecule has 2 rings (SSSR count). The van der Waals surface area contributed by atoms with E-state index in [4.69, 9.17) is 23.2 Å². The number of rotatable bonds is 3. The van der Waals surface area contributed by atoms with Crippen LogP contribution >= 0.6 is 23.2 Å². The van der Waals surface area contributed by atoms with E-state index in [9.17, 15) is 4.79 Å². The van der Waals surface area contributed by atoms with Gasteiger partial charge in [0.05, 0.1) is 10.0 Å². The molecular formula is C14H18Cl2N2O. The van der Waals surface area contributed by atoms with Gasteiger partial charge in [-0.05, 0) is 30.5 Å². The summed E-state index contributed by atoms with van der Waals surface area (Å²) in [7, 11) is 1.78. The second kappa shape index (κ2) is 6.49. The third-order valence-corrected chi connectivity index (χ3v) is 4.17. The van der Waals surface area contributed by atoms with Gasteiger partial charge in [0.1, 0.15) is 0 Å². The predicted molar refractivity (Wildman–Crippen MR) is 78.7 cm³/mol. The summed E-state index contributed by atoms with van der Waals surface area (Å²) in [6.07, 6.45) is 4.60. The summed E-state index contributed by atoms with van der Waals surface area (Å²) in [4.78, 5) is 13.7. The van der Waals surface area contributed by atoms with Gasteiger partial charge >= 0.3 is 6.03 Å². The molecule has 19 heavy (non-hydrogen) atoms. The maximum absolute atomic E-state index is 12.0. The molecule has 0 spiro atoms. The molecule has 2 amide bonds.